The highest BCUT2D eigenvalue weighted by atomic mass is 35.5. The Hall–Kier alpha value is -5.13. The number of halogens is 3. The number of hydrogen-bond acceptors (Lipinski definition) is 8. The average molecular weight is 515 g/mol. The molecule has 37 heavy (non-hydrogen) atoms. The van der Waals surface area contributed by atoms with Gasteiger partial charge in [-0.05, 0) is 29.8 Å². The van der Waals surface area contributed by atoms with Crippen molar-refractivity contribution in [3.8, 4) is 12.1 Å². The normalized spacial score (nSPS) is 12.7. The van der Waals surface area contributed by atoms with Gasteiger partial charge in [0.25, 0.3) is 0 Å². The molecule has 0 spiro atoms. The molecule has 1 atom stereocenters. The lowest BCUT2D eigenvalue weighted by Crippen LogP contribution is -2.13. The third-order valence-electron chi connectivity index (χ3n) is 5.33. The summed E-state index contributed by atoms with van der Waals surface area (Å²) in [5, 5.41) is 36.0. The van der Waals surface area contributed by atoms with Crippen molar-refractivity contribution in [2.45, 2.75) is 6.02 Å². The first kappa shape index (κ1) is 22.3. The summed E-state index contributed by atoms with van der Waals surface area (Å²) in [4.78, 5) is 7.64. The van der Waals surface area contributed by atoms with Gasteiger partial charge in [0.1, 0.15) is 11.8 Å². The van der Waals surface area contributed by atoms with Crippen molar-refractivity contribution < 1.29 is 10.2 Å². The van der Waals surface area contributed by atoms with Gasteiger partial charge in [-0.1, -0.05) is 23.7 Å². The minimum absolute atomic E-state index is 0.0909. The summed E-state index contributed by atoms with van der Waals surface area (Å²) in [6.07, 6.45) is 3.76. The molecule has 2 aromatic carbocycles. The third kappa shape index (κ3) is 4.72. The van der Waals surface area contributed by atoms with Crippen molar-refractivity contribution in [2.24, 2.45) is 0 Å². The fourth-order valence-corrected chi connectivity index (χ4v) is 3.95. The topological polar surface area (TPSA) is 139 Å². The summed E-state index contributed by atoms with van der Waals surface area (Å²) in [6.45, 7) is 0. The fraction of sp³-hybridized carbons (Fsp3) is 0.0400. The summed E-state index contributed by atoms with van der Waals surface area (Å²) in [7, 11) is 0. The van der Waals surface area contributed by atoms with Crippen LogP contribution < -0.4 is 10.6 Å². The van der Waals surface area contributed by atoms with Crippen molar-refractivity contribution in [1.82, 2.24) is 25.4 Å². The van der Waals surface area contributed by atoms with Crippen LogP contribution in [0.5, 0.6) is 0 Å². The molecule has 5 rings (SSSR count). The number of aromatic amines is 1. The number of pyridine rings is 2. The molecule has 9 nitrogen and oxygen atoms in total. The smallest absolute Gasteiger partial charge is 0.249 e. The van der Waals surface area contributed by atoms with E-state index in [4.69, 9.17) is 11.6 Å². The maximum atomic E-state index is 13.8. The maximum absolute atomic E-state index is 13.8. The first-order valence-electron chi connectivity index (χ1n) is 11.1. The first-order chi connectivity index (χ1) is 18.3. The molecule has 5 aromatic rings. The molecule has 0 saturated carbocycles. The molecule has 0 aliphatic carbocycles. The van der Waals surface area contributed by atoms with Crippen molar-refractivity contribution in [2.75, 3.05) is 10.6 Å². The first-order valence-corrected chi connectivity index (χ1v) is 11.0. The second kappa shape index (κ2) is 9.85. The van der Waals surface area contributed by atoms with Crippen LogP contribution in [0.2, 0.25) is 5.02 Å². The summed E-state index contributed by atoms with van der Waals surface area (Å²) >= 11 is 6.55. The number of H-pyrrole nitrogens is 1. The van der Waals surface area contributed by atoms with Gasteiger partial charge < -0.3 is 10.6 Å². The molecule has 0 bridgehead atoms. The fourth-order valence-electron chi connectivity index (χ4n) is 3.68. The molecule has 0 saturated heterocycles. The highest BCUT2D eigenvalue weighted by Crippen LogP contribution is 2.36. The number of hydrogen-bond donors (Lipinski definition) is 3. The zero-order valence-electron chi connectivity index (χ0n) is 19.6. The van der Waals surface area contributed by atoms with Gasteiger partial charge >= 0.3 is 0 Å². The second-order valence-electron chi connectivity index (χ2n) is 7.68. The van der Waals surface area contributed by atoms with Crippen LogP contribution in [-0.2, 0) is 0 Å². The number of fused-ring (bicyclic) bond motifs is 1. The molecule has 0 radical (unpaired) electrons. The van der Waals surface area contributed by atoms with Crippen molar-refractivity contribution in [3.63, 3.8) is 0 Å². The van der Waals surface area contributed by atoms with Gasteiger partial charge in [0.15, 0.2) is 5.82 Å². The van der Waals surface area contributed by atoms with Crippen molar-refractivity contribution >= 4 is 39.6 Å². The van der Waals surface area contributed by atoms with Crippen molar-refractivity contribution in [1.29, 1.82) is 10.5 Å². The summed E-state index contributed by atoms with van der Waals surface area (Å²) < 4.78 is 36.5. The summed E-state index contributed by atoms with van der Waals surface area (Å²) in [6, 6.07) is 12.9. The lowest BCUT2D eigenvalue weighted by molar-refractivity contribution is 0.480. The average Bonchev–Trinajstić information content (AvgIpc) is 3.47. The van der Waals surface area contributed by atoms with Crippen LogP contribution in [0.15, 0.2) is 61.1 Å². The maximum Gasteiger partial charge on any atom is 0.249 e. The molecule has 3 aromatic heterocycles. The lowest BCUT2D eigenvalue weighted by atomic mass is 10.0. The molecule has 0 aliphatic heterocycles. The van der Waals surface area contributed by atoms with E-state index in [9.17, 15) is 20.7 Å². The minimum atomic E-state index is -1.71. The molecule has 180 valence electrons. The van der Waals surface area contributed by atoms with Crippen LogP contribution in [0.4, 0.5) is 25.8 Å². The van der Waals surface area contributed by atoms with Gasteiger partial charge in [0.05, 0.1) is 58.9 Å². The van der Waals surface area contributed by atoms with E-state index >= 15 is 0 Å². The van der Waals surface area contributed by atoms with Gasteiger partial charge in [-0.3, -0.25) is 4.98 Å². The Morgan fingerprint density at radius 2 is 1.89 bits per heavy atom. The number of nitriles is 2. The van der Waals surface area contributed by atoms with E-state index in [1.807, 2.05) is 6.07 Å². The van der Waals surface area contributed by atoms with Crippen LogP contribution in [0, 0.1) is 34.4 Å². The molecule has 3 N–H and O–H groups in total. The van der Waals surface area contributed by atoms with Crippen LogP contribution in [-0.4, -0.2) is 25.4 Å². The molecule has 12 heteroatoms. The molecule has 0 amide bonds. The predicted octanol–water partition coefficient (Wildman–Crippen LogP) is 5.37. The third-order valence-corrected chi connectivity index (χ3v) is 5.62. The van der Waals surface area contributed by atoms with E-state index in [-0.39, 0.29) is 27.7 Å². The number of nitrogens with zero attached hydrogens (tertiary/aromatic N) is 6. The predicted molar refractivity (Wildman–Crippen MR) is 132 cm³/mol. The molecular formula is C25H14ClF2N9. The van der Waals surface area contributed by atoms with Crippen LogP contribution >= 0.6 is 11.6 Å². The standard InChI is InChI=1S/C25H14ClF2N9/c26-19-6-16(34-23(21-12-33-37-36-21)14-3-1-2-13(4-14)8-29)5-18-22(15(9-30)10-31-24(18)19)35-17-7-20(27)25(28)32-11-17/h1-7,10-12,23,34H,(H,31,35)(H,33,36,37)/i23D. The summed E-state index contributed by atoms with van der Waals surface area (Å²) in [5.41, 5.74) is 2.02. The van der Waals surface area contributed by atoms with E-state index in [0.29, 0.717) is 27.7 Å². The molecule has 0 aliphatic rings. The van der Waals surface area contributed by atoms with Gasteiger partial charge in [-0.2, -0.15) is 30.3 Å². The number of benzene rings is 2. The molecular weight excluding hydrogens is 500 g/mol. The number of rotatable bonds is 6. The summed E-state index contributed by atoms with van der Waals surface area (Å²) in [5.74, 6) is -2.43. The number of nitrogens with one attached hydrogen (secondary N) is 3. The Balaban J connectivity index is 1.66. The van der Waals surface area contributed by atoms with E-state index in [1.165, 1.54) is 12.4 Å². The Kier molecular flexibility index (Phi) is 5.95. The van der Waals surface area contributed by atoms with Crippen LogP contribution in [0.3, 0.4) is 0 Å². The SMILES string of the molecule is [2H]C(Nc1cc(Cl)c2ncc(C#N)c(Nc3cnc(F)c(F)c3)c2c1)(c1cccc(C#N)c1)c1cn[nH]n1. The second-order valence-corrected chi connectivity index (χ2v) is 8.09. The Labute approximate surface area is 214 Å². The monoisotopic (exact) mass is 514 g/mol. The molecule has 0 fully saturated rings. The Bertz CT molecular complexity index is 1770. The highest BCUT2D eigenvalue weighted by molar-refractivity contribution is 6.36. The number of aromatic nitrogens is 5. The quantitative estimate of drug-likeness (QED) is 0.257. The zero-order chi connectivity index (χ0) is 26.9. The van der Waals surface area contributed by atoms with Crippen LogP contribution in [0.25, 0.3) is 10.9 Å². The van der Waals surface area contributed by atoms with Crippen molar-refractivity contribution in [3.05, 3.63) is 100 Å². The van der Waals surface area contributed by atoms with Gasteiger partial charge in [0.2, 0.25) is 5.95 Å². The van der Waals surface area contributed by atoms with E-state index in [2.05, 4.69) is 42.1 Å². The molecule has 3 heterocycles. The highest BCUT2D eigenvalue weighted by Gasteiger charge is 2.20. The van der Waals surface area contributed by atoms with Gasteiger partial charge in [-0.25, -0.2) is 9.37 Å². The lowest BCUT2D eigenvalue weighted by Gasteiger charge is -2.20. The van der Waals surface area contributed by atoms with E-state index in [0.717, 1.165) is 12.3 Å². The largest absolute Gasteiger partial charge is 0.373 e. The Morgan fingerprint density at radius 1 is 1.03 bits per heavy atom. The van der Waals surface area contributed by atoms with E-state index < -0.39 is 17.8 Å². The van der Waals surface area contributed by atoms with Crippen LogP contribution in [0.1, 0.15) is 29.8 Å². The minimum Gasteiger partial charge on any atom is -0.373 e. The molecule has 1 unspecified atom stereocenters. The zero-order valence-corrected chi connectivity index (χ0v) is 19.3. The van der Waals surface area contributed by atoms with Gasteiger partial charge in [0, 0.05) is 23.3 Å². The number of anilines is 3. The van der Waals surface area contributed by atoms with Gasteiger partial charge in [-0.15, -0.1) is 0 Å². The Morgan fingerprint density at radius 3 is 2.62 bits per heavy atom. The van der Waals surface area contributed by atoms with E-state index in [1.54, 1.807) is 36.4 Å².